The van der Waals surface area contributed by atoms with Crippen LogP contribution in [0.1, 0.15) is 42.6 Å². The summed E-state index contributed by atoms with van der Waals surface area (Å²) in [6.07, 6.45) is 1.09. The summed E-state index contributed by atoms with van der Waals surface area (Å²) in [4.78, 5) is 22.8. The summed E-state index contributed by atoms with van der Waals surface area (Å²) in [7, 11) is 0. The van der Waals surface area contributed by atoms with E-state index in [2.05, 4.69) is 5.32 Å². The van der Waals surface area contributed by atoms with Crippen molar-refractivity contribution in [3.8, 4) is 0 Å². The van der Waals surface area contributed by atoms with Crippen LogP contribution in [0.3, 0.4) is 0 Å². The molecule has 1 aromatic rings. The fourth-order valence-electron chi connectivity index (χ4n) is 2.09. The van der Waals surface area contributed by atoms with Crippen LogP contribution in [0.15, 0.2) is 18.2 Å². The molecule has 0 bridgehead atoms. The Balaban J connectivity index is 3.19. The molecule has 0 fully saturated rings. The summed E-state index contributed by atoms with van der Waals surface area (Å²) in [5.41, 5.74) is -0.373. The standard InChI is InChI=1S/C14H20N2O4/c1-4-14(5-2,9-17)15-13(18)12-10(3)7-6-8-11(12)16(19)20/h6-8,17H,4-5,9H2,1-3H3,(H,15,18). The number of nitro benzene ring substituents is 1. The number of aliphatic hydroxyl groups is 1. The van der Waals surface area contributed by atoms with Gasteiger partial charge in [-0.1, -0.05) is 26.0 Å². The SMILES string of the molecule is CCC(CC)(CO)NC(=O)c1c(C)cccc1[N+](=O)[O-]. The highest BCUT2D eigenvalue weighted by Crippen LogP contribution is 2.23. The summed E-state index contributed by atoms with van der Waals surface area (Å²) < 4.78 is 0. The second-order valence-electron chi connectivity index (χ2n) is 4.83. The van der Waals surface area contributed by atoms with Gasteiger partial charge >= 0.3 is 0 Å². The van der Waals surface area contributed by atoms with Crippen LogP contribution in [0, 0.1) is 17.0 Å². The van der Waals surface area contributed by atoms with E-state index in [4.69, 9.17) is 0 Å². The second-order valence-corrected chi connectivity index (χ2v) is 4.83. The number of nitrogens with one attached hydrogen (secondary N) is 1. The third kappa shape index (κ3) is 3.14. The maximum atomic E-state index is 12.4. The Morgan fingerprint density at radius 1 is 1.40 bits per heavy atom. The molecule has 0 spiro atoms. The van der Waals surface area contributed by atoms with E-state index in [1.165, 1.54) is 6.07 Å². The Hall–Kier alpha value is -1.95. The number of amides is 1. The number of aryl methyl sites for hydroxylation is 1. The summed E-state index contributed by atoms with van der Waals surface area (Å²) in [5.74, 6) is -0.521. The number of nitrogens with zero attached hydrogens (tertiary/aromatic N) is 1. The van der Waals surface area contributed by atoms with Crippen molar-refractivity contribution in [1.29, 1.82) is 0 Å². The lowest BCUT2D eigenvalue weighted by molar-refractivity contribution is -0.385. The number of hydrogen-bond donors (Lipinski definition) is 2. The summed E-state index contributed by atoms with van der Waals surface area (Å²) in [6.45, 7) is 5.16. The first-order valence-corrected chi connectivity index (χ1v) is 6.58. The van der Waals surface area contributed by atoms with Crippen LogP contribution in [0.2, 0.25) is 0 Å². The van der Waals surface area contributed by atoms with Crippen molar-refractivity contribution in [3.05, 3.63) is 39.4 Å². The fraction of sp³-hybridized carbons (Fsp3) is 0.500. The molecule has 2 N–H and O–H groups in total. The van der Waals surface area contributed by atoms with E-state index in [9.17, 15) is 20.0 Å². The molecule has 0 aliphatic rings. The van der Waals surface area contributed by atoms with Crippen molar-refractivity contribution in [1.82, 2.24) is 5.32 Å². The Labute approximate surface area is 118 Å². The summed E-state index contributed by atoms with van der Waals surface area (Å²) in [5, 5.41) is 23.2. The molecule has 110 valence electrons. The average molecular weight is 280 g/mol. The molecule has 0 radical (unpaired) electrons. The van der Waals surface area contributed by atoms with Crippen LogP contribution in [-0.4, -0.2) is 28.1 Å². The number of hydrogen-bond acceptors (Lipinski definition) is 4. The van der Waals surface area contributed by atoms with E-state index >= 15 is 0 Å². The molecular weight excluding hydrogens is 260 g/mol. The van der Waals surface area contributed by atoms with Crippen LogP contribution in [0.25, 0.3) is 0 Å². The van der Waals surface area contributed by atoms with Gasteiger partial charge in [0.15, 0.2) is 0 Å². The van der Waals surface area contributed by atoms with Gasteiger partial charge in [-0.25, -0.2) is 0 Å². The van der Waals surface area contributed by atoms with Gasteiger partial charge in [0, 0.05) is 6.07 Å². The molecule has 6 nitrogen and oxygen atoms in total. The zero-order valence-electron chi connectivity index (χ0n) is 12.0. The molecule has 0 aliphatic carbocycles. The van der Waals surface area contributed by atoms with Crippen LogP contribution in [0.4, 0.5) is 5.69 Å². The molecule has 0 atom stereocenters. The number of carbonyl (C=O) groups excluding carboxylic acids is 1. The van der Waals surface area contributed by atoms with Crippen LogP contribution in [0.5, 0.6) is 0 Å². The number of aliphatic hydroxyl groups excluding tert-OH is 1. The first-order chi connectivity index (χ1) is 9.40. The van der Waals surface area contributed by atoms with Gasteiger partial charge in [0.2, 0.25) is 0 Å². The number of benzene rings is 1. The molecule has 0 saturated carbocycles. The zero-order valence-corrected chi connectivity index (χ0v) is 12.0. The van der Waals surface area contributed by atoms with Gasteiger partial charge in [0.05, 0.1) is 17.1 Å². The predicted molar refractivity (Wildman–Crippen MR) is 75.7 cm³/mol. The van der Waals surface area contributed by atoms with E-state index in [-0.39, 0.29) is 17.9 Å². The zero-order chi connectivity index (χ0) is 15.3. The van der Waals surface area contributed by atoms with E-state index in [1.54, 1.807) is 19.1 Å². The molecule has 0 saturated heterocycles. The van der Waals surface area contributed by atoms with Gasteiger partial charge in [-0.15, -0.1) is 0 Å². The third-order valence-corrected chi connectivity index (χ3v) is 3.71. The fourth-order valence-corrected chi connectivity index (χ4v) is 2.09. The summed E-state index contributed by atoms with van der Waals surface area (Å²) in [6, 6.07) is 4.50. The minimum Gasteiger partial charge on any atom is -0.394 e. The normalized spacial score (nSPS) is 11.2. The van der Waals surface area contributed by atoms with E-state index in [0.717, 1.165) is 0 Å². The Morgan fingerprint density at radius 2 is 2.00 bits per heavy atom. The van der Waals surface area contributed by atoms with Crippen LogP contribution < -0.4 is 5.32 Å². The highest BCUT2D eigenvalue weighted by Gasteiger charge is 2.31. The Morgan fingerprint density at radius 3 is 2.45 bits per heavy atom. The number of nitro groups is 1. The van der Waals surface area contributed by atoms with Crippen molar-refractivity contribution in [2.24, 2.45) is 0 Å². The van der Waals surface area contributed by atoms with E-state index < -0.39 is 16.4 Å². The van der Waals surface area contributed by atoms with Gasteiger partial charge in [-0.05, 0) is 25.3 Å². The minimum absolute atomic E-state index is 0.0530. The molecule has 0 aromatic heterocycles. The van der Waals surface area contributed by atoms with Gasteiger partial charge < -0.3 is 10.4 Å². The predicted octanol–water partition coefficient (Wildman–Crippen LogP) is 2.18. The largest absolute Gasteiger partial charge is 0.394 e. The topological polar surface area (TPSA) is 92.5 Å². The Kier molecular flexibility index (Phi) is 5.21. The first kappa shape index (κ1) is 16.1. The van der Waals surface area contributed by atoms with Gasteiger partial charge in [-0.2, -0.15) is 0 Å². The van der Waals surface area contributed by atoms with Gasteiger partial charge in [0.25, 0.3) is 11.6 Å². The monoisotopic (exact) mass is 280 g/mol. The first-order valence-electron chi connectivity index (χ1n) is 6.58. The molecule has 6 heteroatoms. The van der Waals surface area contributed by atoms with Gasteiger partial charge in [-0.3, -0.25) is 14.9 Å². The molecule has 0 unspecified atom stereocenters. The molecule has 1 aromatic carbocycles. The summed E-state index contributed by atoms with van der Waals surface area (Å²) >= 11 is 0. The smallest absolute Gasteiger partial charge is 0.282 e. The quantitative estimate of drug-likeness (QED) is 0.617. The van der Waals surface area contributed by atoms with Gasteiger partial charge in [0.1, 0.15) is 5.56 Å². The molecule has 20 heavy (non-hydrogen) atoms. The highest BCUT2D eigenvalue weighted by molar-refractivity contribution is 6.00. The molecule has 0 aliphatic heterocycles. The Bertz CT molecular complexity index is 502. The lowest BCUT2D eigenvalue weighted by Crippen LogP contribution is -2.50. The lowest BCUT2D eigenvalue weighted by Gasteiger charge is -2.30. The van der Waals surface area contributed by atoms with Crippen LogP contribution in [-0.2, 0) is 0 Å². The van der Waals surface area contributed by atoms with Crippen molar-refractivity contribution >= 4 is 11.6 Å². The maximum absolute atomic E-state index is 12.4. The minimum atomic E-state index is -0.743. The van der Waals surface area contributed by atoms with E-state index in [0.29, 0.717) is 18.4 Å². The maximum Gasteiger partial charge on any atom is 0.282 e. The molecule has 0 heterocycles. The van der Waals surface area contributed by atoms with E-state index in [1.807, 2.05) is 13.8 Å². The van der Waals surface area contributed by atoms with Crippen molar-refractivity contribution < 1.29 is 14.8 Å². The lowest BCUT2D eigenvalue weighted by atomic mass is 9.93. The van der Waals surface area contributed by atoms with Crippen molar-refractivity contribution in [2.45, 2.75) is 39.2 Å². The molecular formula is C14H20N2O4. The van der Waals surface area contributed by atoms with Crippen molar-refractivity contribution in [3.63, 3.8) is 0 Å². The molecule has 1 rings (SSSR count). The van der Waals surface area contributed by atoms with Crippen LogP contribution >= 0.6 is 0 Å². The number of rotatable bonds is 6. The second kappa shape index (κ2) is 6.47. The highest BCUT2D eigenvalue weighted by atomic mass is 16.6. The average Bonchev–Trinajstić information content (AvgIpc) is 2.44. The molecule has 1 amide bonds. The third-order valence-electron chi connectivity index (χ3n) is 3.71. The van der Waals surface area contributed by atoms with Crippen molar-refractivity contribution in [2.75, 3.05) is 6.61 Å². The number of carbonyl (C=O) groups is 1.